The number of carbonyl (C=O) groups is 2. The molecule has 162 valence electrons. The first-order chi connectivity index (χ1) is 14.1. The normalized spacial score (nSPS) is 22.4. The fraction of sp³-hybridized carbons (Fsp3) is 0.462. The molecule has 0 aliphatic heterocycles. The summed E-state index contributed by atoms with van der Waals surface area (Å²) < 4.78 is 0. The van der Waals surface area contributed by atoms with Crippen LogP contribution < -0.4 is 0 Å². The SMILES string of the molecule is CC(C)=C[C@@H]1CC(C)=CCCC(C)=CCCC(C)=CCC2=C(O)C(=O)C1=C(O)C2=O. The molecule has 3 rings (SSSR count). The van der Waals surface area contributed by atoms with E-state index in [1.807, 2.05) is 39.8 Å². The molecular weight excluding hydrogens is 376 g/mol. The van der Waals surface area contributed by atoms with Crippen LogP contribution in [0.4, 0.5) is 0 Å². The van der Waals surface area contributed by atoms with Crippen molar-refractivity contribution in [2.45, 2.75) is 73.1 Å². The Hall–Kier alpha value is -2.62. The van der Waals surface area contributed by atoms with Crippen LogP contribution in [0.5, 0.6) is 0 Å². The number of hydrogen-bond donors (Lipinski definition) is 2. The number of fused-ring (bicyclic) bond motifs is 11. The number of aliphatic hydroxyl groups excluding tert-OH is 2. The smallest absolute Gasteiger partial charge is 0.228 e. The highest BCUT2D eigenvalue weighted by molar-refractivity contribution is 6.23. The average molecular weight is 411 g/mol. The Bertz CT molecular complexity index is 899. The van der Waals surface area contributed by atoms with Crippen molar-refractivity contribution in [3.8, 4) is 0 Å². The van der Waals surface area contributed by atoms with Crippen molar-refractivity contribution in [1.29, 1.82) is 0 Å². The van der Waals surface area contributed by atoms with Gasteiger partial charge in [0.1, 0.15) is 0 Å². The number of Topliss-reactive ketones (excluding diaryl/α,β-unsaturated/α-hetero) is 2. The van der Waals surface area contributed by atoms with Gasteiger partial charge in [-0.15, -0.1) is 0 Å². The molecule has 2 N–H and O–H groups in total. The Kier molecular flexibility index (Phi) is 8.22. The summed E-state index contributed by atoms with van der Waals surface area (Å²) in [4.78, 5) is 25.8. The molecular formula is C26H34O4. The zero-order chi connectivity index (χ0) is 22.4. The van der Waals surface area contributed by atoms with E-state index in [2.05, 4.69) is 19.1 Å². The zero-order valence-electron chi connectivity index (χ0n) is 18.8. The summed E-state index contributed by atoms with van der Waals surface area (Å²) in [6, 6.07) is 0. The van der Waals surface area contributed by atoms with Crippen molar-refractivity contribution in [2.24, 2.45) is 5.92 Å². The Labute approximate surface area is 180 Å². The minimum absolute atomic E-state index is 0.00343. The minimum Gasteiger partial charge on any atom is -0.504 e. The summed E-state index contributed by atoms with van der Waals surface area (Å²) in [7, 11) is 0. The summed E-state index contributed by atoms with van der Waals surface area (Å²) in [6.07, 6.45) is 12.4. The highest BCUT2D eigenvalue weighted by Crippen LogP contribution is 2.33. The van der Waals surface area contributed by atoms with Gasteiger partial charge in [-0.25, -0.2) is 0 Å². The van der Waals surface area contributed by atoms with Gasteiger partial charge in [0.15, 0.2) is 11.5 Å². The first-order valence-corrected chi connectivity index (χ1v) is 10.7. The third-order valence-electron chi connectivity index (χ3n) is 5.65. The van der Waals surface area contributed by atoms with Gasteiger partial charge in [0.2, 0.25) is 11.6 Å². The molecule has 4 nitrogen and oxygen atoms in total. The van der Waals surface area contributed by atoms with Gasteiger partial charge in [-0.05, 0) is 73.1 Å². The van der Waals surface area contributed by atoms with Crippen LogP contribution in [-0.4, -0.2) is 21.8 Å². The summed E-state index contributed by atoms with van der Waals surface area (Å²) in [5.74, 6) is -2.83. The fourth-order valence-electron chi connectivity index (χ4n) is 3.93. The topological polar surface area (TPSA) is 74.6 Å². The van der Waals surface area contributed by atoms with Crippen LogP contribution in [0.1, 0.15) is 73.1 Å². The van der Waals surface area contributed by atoms with E-state index in [9.17, 15) is 19.8 Å². The molecule has 2 bridgehead atoms. The molecule has 0 amide bonds. The molecule has 1 atom stereocenters. The van der Waals surface area contributed by atoms with Crippen LogP contribution in [0.3, 0.4) is 0 Å². The lowest BCUT2D eigenvalue weighted by atomic mass is 9.81. The lowest BCUT2D eigenvalue weighted by Crippen LogP contribution is -2.27. The standard InChI is InChI=1S/C26H34O4/c1-16(2)14-20-15-19(5)11-7-9-17(3)8-6-10-18(4)12-13-21-23(27)25(29)22(20)26(30)24(21)28/h8,11-12,14,20,27,30H,6-7,9-10,13,15H2,1-5H3/t20-/m1/s1. The number of carbonyl (C=O) groups excluding carboxylic acids is 2. The maximum atomic E-state index is 13.0. The van der Waals surface area contributed by atoms with Crippen LogP contribution in [-0.2, 0) is 9.59 Å². The molecule has 0 aromatic heterocycles. The van der Waals surface area contributed by atoms with Crippen LogP contribution >= 0.6 is 0 Å². The van der Waals surface area contributed by atoms with Gasteiger partial charge < -0.3 is 10.2 Å². The molecule has 0 spiro atoms. The molecule has 3 aliphatic carbocycles. The van der Waals surface area contributed by atoms with Gasteiger partial charge in [0.05, 0.1) is 11.1 Å². The monoisotopic (exact) mass is 410 g/mol. The third kappa shape index (κ3) is 5.94. The largest absolute Gasteiger partial charge is 0.504 e. The highest BCUT2D eigenvalue weighted by Gasteiger charge is 2.37. The quantitative estimate of drug-likeness (QED) is 0.380. The lowest BCUT2D eigenvalue weighted by Gasteiger charge is -2.23. The number of rotatable bonds is 1. The van der Waals surface area contributed by atoms with E-state index >= 15 is 0 Å². The first kappa shape index (κ1) is 23.7. The van der Waals surface area contributed by atoms with Gasteiger partial charge in [-0.3, -0.25) is 9.59 Å². The van der Waals surface area contributed by atoms with E-state index in [0.29, 0.717) is 6.42 Å². The number of ketones is 2. The summed E-state index contributed by atoms with van der Waals surface area (Å²) in [5.41, 5.74) is 4.46. The predicted octanol–water partition coefficient (Wildman–Crippen LogP) is 6.54. The van der Waals surface area contributed by atoms with Crippen molar-refractivity contribution in [1.82, 2.24) is 0 Å². The molecule has 3 aliphatic rings. The van der Waals surface area contributed by atoms with Crippen LogP contribution in [0.15, 0.2) is 69.3 Å². The van der Waals surface area contributed by atoms with Crippen LogP contribution in [0, 0.1) is 5.92 Å². The molecule has 0 aromatic rings. The van der Waals surface area contributed by atoms with E-state index in [0.717, 1.165) is 42.4 Å². The second-order valence-corrected chi connectivity index (χ2v) is 8.74. The van der Waals surface area contributed by atoms with Gasteiger partial charge >= 0.3 is 0 Å². The van der Waals surface area contributed by atoms with Gasteiger partial charge in [-0.1, -0.05) is 46.6 Å². The lowest BCUT2D eigenvalue weighted by molar-refractivity contribution is -0.120. The minimum atomic E-state index is -0.653. The van der Waals surface area contributed by atoms with E-state index < -0.39 is 29.0 Å². The zero-order valence-corrected chi connectivity index (χ0v) is 18.8. The second-order valence-electron chi connectivity index (χ2n) is 8.74. The van der Waals surface area contributed by atoms with Gasteiger partial charge in [0.25, 0.3) is 0 Å². The number of hydrogen-bond acceptors (Lipinski definition) is 4. The van der Waals surface area contributed by atoms with Crippen molar-refractivity contribution < 1.29 is 19.8 Å². The van der Waals surface area contributed by atoms with Gasteiger partial charge in [0, 0.05) is 5.92 Å². The van der Waals surface area contributed by atoms with E-state index in [1.165, 1.54) is 5.57 Å². The van der Waals surface area contributed by atoms with Crippen LogP contribution in [0.2, 0.25) is 0 Å². The summed E-state index contributed by atoms with van der Waals surface area (Å²) in [5, 5.41) is 21.2. The molecule has 0 aromatic carbocycles. The molecule has 0 heterocycles. The van der Waals surface area contributed by atoms with E-state index in [-0.39, 0.29) is 17.6 Å². The molecule has 4 heteroatoms. The molecule has 0 saturated carbocycles. The number of aliphatic hydroxyl groups is 2. The summed E-state index contributed by atoms with van der Waals surface area (Å²) in [6.45, 7) is 9.95. The molecule has 0 saturated heterocycles. The Morgan fingerprint density at radius 1 is 0.867 bits per heavy atom. The van der Waals surface area contributed by atoms with E-state index in [4.69, 9.17) is 0 Å². The Morgan fingerprint density at radius 3 is 2.03 bits per heavy atom. The maximum absolute atomic E-state index is 13.0. The van der Waals surface area contributed by atoms with Crippen molar-refractivity contribution in [2.75, 3.05) is 0 Å². The second kappa shape index (κ2) is 10.4. The predicted molar refractivity (Wildman–Crippen MR) is 121 cm³/mol. The molecule has 0 fully saturated rings. The van der Waals surface area contributed by atoms with Crippen LogP contribution in [0.25, 0.3) is 0 Å². The average Bonchev–Trinajstić information content (AvgIpc) is 2.65. The molecule has 0 radical (unpaired) electrons. The molecule has 0 unspecified atom stereocenters. The van der Waals surface area contributed by atoms with E-state index in [1.54, 1.807) is 0 Å². The van der Waals surface area contributed by atoms with Crippen molar-refractivity contribution >= 4 is 11.6 Å². The number of allylic oxidation sites excluding steroid dienone is 10. The maximum Gasteiger partial charge on any atom is 0.228 e. The third-order valence-corrected chi connectivity index (χ3v) is 5.65. The highest BCUT2D eigenvalue weighted by atomic mass is 16.3. The Balaban J connectivity index is 2.55. The first-order valence-electron chi connectivity index (χ1n) is 10.7. The summed E-state index contributed by atoms with van der Waals surface area (Å²) >= 11 is 0. The Morgan fingerprint density at radius 2 is 1.43 bits per heavy atom. The molecule has 30 heavy (non-hydrogen) atoms. The van der Waals surface area contributed by atoms with Gasteiger partial charge in [-0.2, -0.15) is 0 Å². The van der Waals surface area contributed by atoms with Crippen molar-refractivity contribution in [3.05, 3.63) is 69.3 Å². The fourth-order valence-corrected chi connectivity index (χ4v) is 3.93. The van der Waals surface area contributed by atoms with Crippen molar-refractivity contribution in [3.63, 3.8) is 0 Å².